The quantitative estimate of drug-likeness (QED) is 0.177. The molecule has 2 aliphatic heterocycles. The van der Waals surface area contributed by atoms with Crippen molar-refractivity contribution in [3.05, 3.63) is 136 Å². The monoisotopic (exact) mass is 781 g/mol. The van der Waals surface area contributed by atoms with E-state index < -0.39 is 15.9 Å². The molecule has 12 heteroatoms. The van der Waals surface area contributed by atoms with E-state index in [1.54, 1.807) is 30.0 Å². The van der Waals surface area contributed by atoms with Crippen molar-refractivity contribution in [3.8, 4) is 0 Å². The summed E-state index contributed by atoms with van der Waals surface area (Å²) < 4.78 is 24.0. The van der Waals surface area contributed by atoms with Gasteiger partial charge in [0.2, 0.25) is 17.7 Å². The Hall–Kier alpha value is -4.97. The minimum absolute atomic E-state index is 0.0825. The second-order valence-electron chi connectivity index (χ2n) is 14.2. The number of hydrogen-bond donors (Lipinski definition) is 0. The number of halogens is 1. The summed E-state index contributed by atoms with van der Waals surface area (Å²) in [5, 5.41) is 0.697. The Morgan fingerprint density at radius 1 is 0.727 bits per heavy atom. The fourth-order valence-corrected chi connectivity index (χ4v) is 7.83. The number of carbonyl (C=O) groups excluding carboxylic acids is 3. The van der Waals surface area contributed by atoms with Gasteiger partial charge in [0.15, 0.2) is 9.84 Å². The summed E-state index contributed by atoms with van der Waals surface area (Å²) in [6.45, 7) is 7.84. The van der Waals surface area contributed by atoms with Crippen LogP contribution in [0.4, 0.5) is 5.69 Å². The van der Waals surface area contributed by atoms with Crippen LogP contribution in [0.25, 0.3) is 6.08 Å². The molecule has 0 bridgehead atoms. The van der Waals surface area contributed by atoms with Gasteiger partial charge in [-0.15, -0.1) is 0 Å². The Labute approximate surface area is 329 Å². The van der Waals surface area contributed by atoms with E-state index >= 15 is 0 Å². The first-order valence-corrected chi connectivity index (χ1v) is 20.9. The third kappa shape index (κ3) is 10.8. The summed E-state index contributed by atoms with van der Waals surface area (Å²) in [5.41, 5.74) is 4.68. The van der Waals surface area contributed by atoms with Crippen LogP contribution in [-0.2, 0) is 43.7 Å². The van der Waals surface area contributed by atoms with Gasteiger partial charge in [0.25, 0.3) is 0 Å². The molecule has 55 heavy (non-hydrogen) atoms. The number of nitrogens with zero attached hydrogens (tertiary/aromatic N) is 5. The van der Waals surface area contributed by atoms with Crippen LogP contribution in [0.5, 0.6) is 0 Å². The van der Waals surface area contributed by atoms with Crippen LogP contribution in [-0.4, -0.2) is 110 Å². The topological polar surface area (TPSA) is 102 Å². The van der Waals surface area contributed by atoms with Crippen molar-refractivity contribution < 1.29 is 22.8 Å². The minimum atomic E-state index is -3.37. The van der Waals surface area contributed by atoms with Gasteiger partial charge in [-0.1, -0.05) is 78.3 Å². The molecule has 4 aromatic rings. The number of amides is 3. The molecule has 0 unspecified atom stereocenters. The first-order chi connectivity index (χ1) is 26.4. The summed E-state index contributed by atoms with van der Waals surface area (Å²) in [4.78, 5) is 51.0. The van der Waals surface area contributed by atoms with Crippen molar-refractivity contribution in [2.45, 2.75) is 37.4 Å². The highest BCUT2D eigenvalue weighted by Gasteiger charge is 2.34. The molecule has 0 saturated carbocycles. The third-order valence-corrected chi connectivity index (χ3v) is 11.7. The SMILES string of the molecule is CC(=O)N1CCN(c2ccc(CN(C(=O)/C=C/c3ccc(S(C)(=O)=O)cc3)[C@@H](Cc3ccccc3)C(=O)N3CCN(Cc4ccc(Cl)cc4)CC3)cc2)CC1. The maximum absolute atomic E-state index is 14.7. The van der Waals surface area contributed by atoms with Crippen LogP contribution in [0.15, 0.2) is 114 Å². The largest absolute Gasteiger partial charge is 0.368 e. The first-order valence-electron chi connectivity index (χ1n) is 18.6. The zero-order valence-electron chi connectivity index (χ0n) is 31.4. The van der Waals surface area contributed by atoms with Crippen molar-refractivity contribution in [2.24, 2.45) is 0 Å². The third-order valence-electron chi connectivity index (χ3n) is 10.3. The molecule has 1 atom stereocenters. The predicted molar refractivity (Wildman–Crippen MR) is 217 cm³/mol. The van der Waals surface area contributed by atoms with E-state index in [0.29, 0.717) is 56.3 Å². The van der Waals surface area contributed by atoms with Crippen molar-refractivity contribution in [1.82, 2.24) is 19.6 Å². The average molecular weight is 782 g/mol. The van der Waals surface area contributed by atoms with E-state index in [4.69, 9.17) is 11.6 Å². The first kappa shape index (κ1) is 39.7. The zero-order chi connectivity index (χ0) is 39.0. The molecule has 3 amide bonds. The molecule has 0 aliphatic carbocycles. The normalized spacial score (nSPS) is 15.9. The van der Waals surface area contributed by atoms with Gasteiger partial charge in [0.1, 0.15) is 6.04 Å². The van der Waals surface area contributed by atoms with E-state index in [1.165, 1.54) is 18.2 Å². The van der Waals surface area contributed by atoms with Gasteiger partial charge in [-0.25, -0.2) is 8.42 Å². The summed E-state index contributed by atoms with van der Waals surface area (Å²) >= 11 is 6.10. The molecule has 2 fully saturated rings. The van der Waals surface area contributed by atoms with Crippen LogP contribution in [0.1, 0.15) is 29.2 Å². The van der Waals surface area contributed by atoms with Gasteiger partial charge in [-0.3, -0.25) is 19.3 Å². The number of benzene rings is 4. The number of sulfone groups is 1. The van der Waals surface area contributed by atoms with Gasteiger partial charge >= 0.3 is 0 Å². The van der Waals surface area contributed by atoms with Crippen LogP contribution >= 0.6 is 11.6 Å². The van der Waals surface area contributed by atoms with E-state index in [0.717, 1.165) is 48.3 Å². The Kier molecular flexibility index (Phi) is 13.1. The summed E-state index contributed by atoms with van der Waals surface area (Å²) in [7, 11) is -3.37. The molecule has 2 aliphatic rings. The summed E-state index contributed by atoms with van der Waals surface area (Å²) in [5.74, 6) is -0.347. The lowest BCUT2D eigenvalue weighted by atomic mass is 10.0. The van der Waals surface area contributed by atoms with E-state index in [1.807, 2.05) is 88.7 Å². The number of piperazine rings is 2. The highest BCUT2D eigenvalue weighted by atomic mass is 35.5. The van der Waals surface area contributed by atoms with Gasteiger partial charge in [0.05, 0.1) is 4.90 Å². The summed E-state index contributed by atoms with van der Waals surface area (Å²) in [6, 6.07) is 31.2. The minimum Gasteiger partial charge on any atom is -0.368 e. The highest BCUT2D eigenvalue weighted by molar-refractivity contribution is 7.90. The molecule has 0 radical (unpaired) electrons. The van der Waals surface area contributed by atoms with Gasteiger partial charge in [-0.2, -0.15) is 0 Å². The van der Waals surface area contributed by atoms with Crippen molar-refractivity contribution >= 4 is 50.9 Å². The lowest BCUT2D eigenvalue weighted by Gasteiger charge is -2.39. The van der Waals surface area contributed by atoms with Gasteiger partial charge in [-0.05, 0) is 64.7 Å². The second kappa shape index (κ2) is 18.1. The molecular weight excluding hydrogens is 734 g/mol. The average Bonchev–Trinajstić information content (AvgIpc) is 3.19. The number of rotatable bonds is 12. The molecular formula is C43H48ClN5O5S. The van der Waals surface area contributed by atoms with E-state index in [2.05, 4.69) is 9.80 Å². The molecule has 4 aromatic carbocycles. The molecule has 6 rings (SSSR count). The van der Waals surface area contributed by atoms with Crippen LogP contribution in [0.3, 0.4) is 0 Å². The second-order valence-corrected chi connectivity index (χ2v) is 16.7. The molecule has 0 aromatic heterocycles. The Balaban J connectivity index is 1.25. The van der Waals surface area contributed by atoms with Crippen molar-refractivity contribution in [2.75, 3.05) is 63.5 Å². The molecule has 0 spiro atoms. The van der Waals surface area contributed by atoms with Crippen molar-refractivity contribution in [3.63, 3.8) is 0 Å². The Bertz CT molecular complexity index is 2060. The fourth-order valence-electron chi connectivity index (χ4n) is 7.07. The number of hydrogen-bond acceptors (Lipinski definition) is 7. The Morgan fingerprint density at radius 3 is 1.93 bits per heavy atom. The standard InChI is InChI=1S/C43H48ClN5O5S/c1-33(50)46-26-28-47(29-27-46)39-17-10-37(11-18-39)32-49(42(51)21-14-34-12-19-40(20-13-34)55(2,53)54)41(30-35-6-4-3-5-7-35)43(52)48-24-22-45(23-25-48)31-36-8-15-38(44)16-9-36/h3-21,41H,22-32H2,1-2H3/b21-14+/t41-/m0/s1. The zero-order valence-corrected chi connectivity index (χ0v) is 33.0. The molecule has 2 heterocycles. The van der Waals surface area contributed by atoms with Gasteiger partial charge < -0.3 is 19.6 Å². The lowest BCUT2D eigenvalue weighted by molar-refractivity contribution is -0.145. The number of carbonyl (C=O) groups is 3. The van der Waals surface area contributed by atoms with E-state index in [-0.39, 0.29) is 29.2 Å². The Morgan fingerprint density at radius 2 is 1.33 bits per heavy atom. The highest BCUT2D eigenvalue weighted by Crippen LogP contribution is 2.23. The van der Waals surface area contributed by atoms with Crippen molar-refractivity contribution in [1.29, 1.82) is 0 Å². The van der Waals surface area contributed by atoms with E-state index in [9.17, 15) is 22.8 Å². The number of anilines is 1. The molecule has 2 saturated heterocycles. The molecule has 10 nitrogen and oxygen atoms in total. The smallest absolute Gasteiger partial charge is 0.247 e. The van der Waals surface area contributed by atoms with Crippen LogP contribution in [0.2, 0.25) is 5.02 Å². The summed E-state index contributed by atoms with van der Waals surface area (Å²) in [6.07, 6.45) is 4.62. The fraction of sp³-hybridized carbons (Fsp3) is 0.326. The van der Waals surface area contributed by atoms with Gasteiger partial charge in [0, 0.05) is 102 Å². The van der Waals surface area contributed by atoms with Crippen LogP contribution < -0.4 is 4.90 Å². The maximum Gasteiger partial charge on any atom is 0.247 e. The molecule has 288 valence electrons. The van der Waals surface area contributed by atoms with Crippen LogP contribution in [0, 0.1) is 0 Å². The predicted octanol–water partition coefficient (Wildman–Crippen LogP) is 5.41. The molecule has 0 N–H and O–H groups in total. The maximum atomic E-state index is 14.7. The lowest BCUT2D eigenvalue weighted by Crippen LogP contribution is -2.56.